The summed E-state index contributed by atoms with van der Waals surface area (Å²) in [5.74, 6) is 1.46. The monoisotopic (exact) mass is 379 g/mol. The maximum Gasteiger partial charge on any atom is 0.151 e. The second-order valence-electron chi connectivity index (χ2n) is 7.56. The largest absolute Gasteiger partial charge is 0.306 e. The highest BCUT2D eigenvalue weighted by molar-refractivity contribution is 6.24. The van der Waals surface area contributed by atoms with Crippen LogP contribution in [0.5, 0.6) is 0 Å². The Hall–Kier alpha value is -2.24. The first kappa shape index (κ1) is 16.9. The summed E-state index contributed by atoms with van der Waals surface area (Å²) < 4.78 is 2.07. The number of pyridine rings is 1. The molecule has 3 aromatic rings. The van der Waals surface area contributed by atoms with Crippen LogP contribution in [0.15, 0.2) is 48.9 Å². The van der Waals surface area contributed by atoms with Crippen molar-refractivity contribution in [2.45, 2.75) is 49.6 Å². The Kier molecular flexibility index (Phi) is 4.21. The molecule has 1 saturated carbocycles. The quantitative estimate of drug-likeness (QED) is 0.682. The Balaban J connectivity index is 1.40. The number of hydrogen-bond acceptors (Lipinski definition) is 4. The first-order valence-corrected chi connectivity index (χ1v) is 9.94. The fourth-order valence-electron chi connectivity index (χ4n) is 4.41. The van der Waals surface area contributed by atoms with Crippen molar-refractivity contribution in [3.63, 3.8) is 0 Å². The molecule has 0 saturated heterocycles. The third kappa shape index (κ3) is 3.05. The lowest BCUT2D eigenvalue weighted by Gasteiger charge is -2.36. The minimum Gasteiger partial charge on any atom is -0.306 e. The molecule has 0 bridgehead atoms. The summed E-state index contributed by atoms with van der Waals surface area (Å²) in [4.78, 5) is 4.25. The van der Waals surface area contributed by atoms with Crippen LogP contribution < -0.4 is 5.32 Å². The van der Waals surface area contributed by atoms with Gasteiger partial charge in [0.05, 0.1) is 17.1 Å². The summed E-state index contributed by atoms with van der Waals surface area (Å²) in [6, 6.07) is 12.8. The van der Waals surface area contributed by atoms with Gasteiger partial charge in [-0.05, 0) is 55.0 Å². The lowest BCUT2D eigenvalue weighted by Crippen LogP contribution is -2.26. The Bertz CT molecular complexity index is 944. The molecule has 1 N–H and O–H groups in total. The van der Waals surface area contributed by atoms with Gasteiger partial charge in [-0.15, -0.1) is 21.8 Å². The summed E-state index contributed by atoms with van der Waals surface area (Å²) in [5.41, 5.74) is 4.81. The fourth-order valence-corrected chi connectivity index (χ4v) is 4.74. The highest BCUT2D eigenvalue weighted by atomic mass is 35.5. The van der Waals surface area contributed by atoms with Gasteiger partial charge in [-0.2, -0.15) is 0 Å². The Morgan fingerprint density at radius 2 is 2.00 bits per heavy atom. The van der Waals surface area contributed by atoms with Crippen LogP contribution in [0.25, 0.3) is 5.69 Å². The van der Waals surface area contributed by atoms with Crippen LogP contribution in [0.2, 0.25) is 0 Å². The maximum atomic E-state index is 7.14. The van der Waals surface area contributed by atoms with E-state index in [0.29, 0.717) is 5.92 Å². The Labute approximate surface area is 163 Å². The maximum absolute atomic E-state index is 7.14. The molecule has 1 fully saturated rings. The highest BCUT2D eigenvalue weighted by Gasteiger charge is 2.36. The number of aromatic nitrogens is 4. The van der Waals surface area contributed by atoms with Crippen LogP contribution >= 0.6 is 11.6 Å². The zero-order valence-corrected chi connectivity index (χ0v) is 15.9. The van der Waals surface area contributed by atoms with Gasteiger partial charge in [0.1, 0.15) is 6.33 Å². The predicted octanol–water partition coefficient (Wildman–Crippen LogP) is 4.06. The minimum atomic E-state index is -0.289. The molecule has 0 radical (unpaired) electrons. The molecule has 0 spiro atoms. The third-order valence-electron chi connectivity index (χ3n) is 5.96. The van der Waals surface area contributed by atoms with Gasteiger partial charge in [-0.25, -0.2) is 0 Å². The number of hydrogen-bond donors (Lipinski definition) is 1. The number of halogens is 1. The van der Waals surface area contributed by atoms with E-state index in [4.69, 9.17) is 11.6 Å². The molecule has 138 valence electrons. The summed E-state index contributed by atoms with van der Waals surface area (Å²) in [6.07, 6.45) is 7.77. The molecular weight excluding hydrogens is 358 g/mol. The van der Waals surface area contributed by atoms with Crippen molar-refractivity contribution in [1.29, 1.82) is 0 Å². The number of nitrogens with one attached hydrogen (secondary N) is 1. The number of alkyl halides is 1. The molecular formula is C21H22ClN5. The van der Waals surface area contributed by atoms with Crippen LogP contribution in [0.1, 0.15) is 54.2 Å². The topological polar surface area (TPSA) is 55.6 Å². The van der Waals surface area contributed by atoms with Gasteiger partial charge >= 0.3 is 0 Å². The molecule has 5 rings (SSSR count). The first-order chi connectivity index (χ1) is 13.2. The van der Waals surface area contributed by atoms with Gasteiger partial charge < -0.3 is 5.32 Å². The van der Waals surface area contributed by atoms with E-state index >= 15 is 0 Å². The molecule has 5 nitrogen and oxygen atoms in total. The van der Waals surface area contributed by atoms with Gasteiger partial charge in [-0.1, -0.05) is 18.2 Å². The minimum absolute atomic E-state index is 0.289. The summed E-state index contributed by atoms with van der Waals surface area (Å²) in [6.45, 7) is 1.54. The average Bonchev–Trinajstić information content (AvgIpc) is 3.10. The van der Waals surface area contributed by atoms with Crippen molar-refractivity contribution in [2.24, 2.45) is 0 Å². The van der Waals surface area contributed by atoms with Gasteiger partial charge in [0.25, 0.3) is 0 Å². The molecule has 6 heteroatoms. The van der Waals surface area contributed by atoms with Crippen molar-refractivity contribution in [3.8, 4) is 5.69 Å². The number of nitrogens with zero attached hydrogens (tertiary/aromatic N) is 4. The molecule has 1 aliphatic heterocycles. The van der Waals surface area contributed by atoms with E-state index in [1.165, 1.54) is 16.8 Å². The molecule has 0 atom stereocenters. The molecule has 3 heterocycles. The molecule has 1 aliphatic carbocycles. The van der Waals surface area contributed by atoms with E-state index < -0.39 is 0 Å². The lowest BCUT2D eigenvalue weighted by molar-refractivity contribution is 0.355. The van der Waals surface area contributed by atoms with Gasteiger partial charge in [0, 0.05) is 24.4 Å². The first-order valence-electron chi connectivity index (χ1n) is 9.56. The van der Waals surface area contributed by atoms with Crippen LogP contribution in [-0.2, 0) is 18.0 Å². The van der Waals surface area contributed by atoms with Crippen molar-refractivity contribution in [3.05, 3.63) is 71.6 Å². The molecule has 0 amide bonds. The normalized spacial score (nSPS) is 24.7. The van der Waals surface area contributed by atoms with Crippen molar-refractivity contribution in [1.82, 2.24) is 25.1 Å². The summed E-state index contributed by atoms with van der Waals surface area (Å²) in [5, 5.41) is 11.7. The van der Waals surface area contributed by atoms with Crippen LogP contribution in [0.4, 0.5) is 0 Å². The highest BCUT2D eigenvalue weighted by Crippen LogP contribution is 2.47. The SMILES string of the molecule is ClC1(c2ccc3c(c2)CNCc2nncn2-3)CCC(c2ccccn2)CC1. The van der Waals surface area contributed by atoms with Crippen molar-refractivity contribution >= 4 is 11.6 Å². The van der Waals surface area contributed by atoms with Crippen molar-refractivity contribution in [2.75, 3.05) is 0 Å². The molecule has 2 aromatic heterocycles. The Morgan fingerprint density at radius 3 is 2.81 bits per heavy atom. The summed E-state index contributed by atoms with van der Waals surface area (Å²) >= 11 is 7.14. The second kappa shape index (κ2) is 6.73. The van der Waals surface area contributed by atoms with Gasteiger partial charge in [-0.3, -0.25) is 9.55 Å². The van der Waals surface area contributed by atoms with Gasteiger partial charge in [0.2, 0.25) is 0 Å². The van der Waals surface area contributed by atoms with E-state index in [9.17, 15) is 0 Å². The smallest absolute Gasteiger partial charge is 0.151 e. The second-order valence-corrected chi connectivity index (χ2v) is 8.28. The Morgan fingerprint density at radius 1 is 1.11 bits per heavy atom. The van der Waals surface area contributed by atoms with Crippen molar-refractivity contribution < 1.29 is 0 Å². The van der Waals surface area contributed by atoms with E-state index in [-0.39, 0.29) is 4.87 Å². The lowest BCUT2D eigenvalue weighted by atomic mass is 9.76. The predicted molar refractivity (Wildman–Crippen MR) is 105 cm³/mol. The van der Waals surface area contributed by atoms with Crippen LogP contribution in [0, 0.1) is 0 Å². The molecule has 0 unspecified atom stereocenters. The number of benzene rings is 1. The number of rotatable bonds is 2. The summed E-state index contributed by atoms with van der Waals surface area (Å²) in [7, 11) is 0. The fraction of sp³-hybridized carbons (Fsp3) is 0.381. The zero-order valence-electron chi connectivity index (χ0n) is 15.1. The zero-order chi connectivity index (χ0) is 18.3. The van der Waals surface area contributed by atoms with Crippen LogP contribution in [-0.4, -0.2) is 19.7 Å². The van der Waals surface area contributed by atoms with E-state index in [2.05, 4.69) is 55.4 Å². The standard InChI is InChI=1S/C21H22ClN5/c22-21(8-6-15(7-9-21)18-3-1-2-10-24-18)17-4-5-19-16(11-17)12-23-13-20-26-25-14-27(19)20/h1-5,10-11,14-15,23H,6-9,12-13H2. The van der Waals surface area contributed by atoms with E-state index in [1.54, 1.807) is 6.33 Å². The third-order valence-corrected chi connectivity index (χ3v) is 6.55. The van der Waals surface area contributed by atoms with Crippen LogP contribution in [0.3, 0.4) is 0 Å². The molecule has 2 aliphatic rings. The van der Waals surface area contributed by atoms with Gasteiger partial charge in [0.15, 0.2) is 5.82 Å². The van der Waals surface area contributed by atoms with E-state index in [1.807, 2.05) is 12.3 Å². The molecule has 27 heavy (non-hydrogen) atoms. The molecule has 1 aromatic carbocycles. The van der Waals surface area contributed by atoms with E-state index in [0.717, 1.165) is 50.3 Å². The number of fused-ring (bicyclic) bond motifs is 3. The average molecular weight is 380 g/mol.